The second-order valence-electron chi connectivity index (χ2n) is 6.51. The summed E-state index contributed by atoms with van der Waals surface area (Å²) in [6, 6.07) is 9.04. The lowest BCUT2D eigenvalue weighted by molar-refractivity contribution is 0.291. The first-order valence-electron chi connectivity index (χ1n) is 9.46. The van der Waals surface area contributed by atoms with Crippen LogP contribution in [0.1, 0.15) is 70.3 Å². The van der Waals surface area contributed by atoms with Gasteiger partial charge in [0.25, 0.3) is 0 Å². The van der Waals surface area contributed by atoms with E-state index in [2.05, 4.69) is 13.5 Å². The molecule has 1 aromatic rings. The van der Waals surface area contributed by atoms with Gasteiger partial charge in [-0.1, -0.05) is 70.1 Å². The van der Waals surface area contributed by atoms with Crippen molar-refractivity contribution in [3.8, 4) is 5.75 Å². The highest BCUT2D eigenvalue weighted by Crippen LogP contribution is 2.18. The summed E-state index contributed by atoms with van der Waals surface area (Å²) in [5.41, 5.74) is 1.09. The lowest BCUT2D eigenvalue weighted by Gasteiger charge is -2.15. The third-order valence-electron chi connectivity index (χ3n) is 4.31. The molecule has 2 nitrogen and oxygen atoms in total. The summed E-state index contributed by atoms with van der Waals surface area (Å²) in [7, 11) is -0.293. The first-order valence-corrected chi connectivity index (χ1v) is 11.6. The molecule has 1 N–H and O–H groups in total. The summed E-state index contributed by atoms with van der Waals surface area (Å²) >= 11 is 0. The van der Waals surface area contributed by atoms with Gasteiger partial charge in [0.15, 0.2) is 0 Å². The average Bonchev–Trinajstić information content (AvgIpc) is 2.57. The van der Waals surface area contributed by atoms with Crippen LogP contribution in [0.3, 0.4) is 0 Å². The molecule has 0 spiro atoms. The van der Waals surface area contributed by atoms with Crippen molar-refractivity contribution in [3.05, 3.63) is 29.8 Å². The van der Waals surface area contributed by atoms with E-state index in [-0.39, 0.29) is 9.04 Å². The summed E-state index contributed by atoms with van der Waals surface area (Å²) in [4.78, 5) is 0. The Morgan fingerprint density at radius 1 is 1.00 bits per heavy atom. The van der Waals surface area contributed by atoms with E-state index in [4.69, 9.17) is 4.43 Å². The van der Waals surface area contributed by atoms with E-state index in [0.717, 1.165) is 18.6 Å². The Kier molecular flexibility index (Phi) is 12.0. The molecule has 1 aliphatic heterocycles. The van der Waals surface area contributed by atoms with Gasteiger partial charge in [0, 0.05) is 6.61 Å². The molecule has 0 aromatic heterocycles. The second kappa shape index (κ2) is 13.6. The number of aryl methyl sites for hydroxylation is 1. The second-order valence-corrected chi connectivity index (χ2v) is 8.70. The average molecular weight is 336 g/mol. The Hall–Kier alpha value is -0.803. The molecule has 1 radical (unpaired) electrons. The van der Waals surface area contributed by atoms with E-state index in [1.165, 1.54) is 63.8 Å². The molecule has 0 amide bonds. The maximum Gasteiger partial charge on any atom is 0.208 e. The predicted octanol–water partition coefficient (Wildman–Crippen LogP) is 6.10. The van der Waals surface area contributed by atoms with Gasteiger partial charge in [-0.15, -0.1) is 0 Å². The van der Waals surface area contributed by atoms with Crippen LogP contribution in [0, 0.1) is 0 Å². The number of para-hydroxylation sites is 1. The van der Waals surface area contributed by atoms with E-state index in [0.29, 0.717) is 5.75 Å². The number of aromatic hydroxyl groups is 1. The molecule has 1 fully saturated rings. The highest BCUT2D eigenvalue weighted by Gasteiger charge is 2.09. The number of phenolic OH excluding ortho intramolecular Hbond substituents is 1. The number of hydrogen-bond acceptors (Lipinski definition) is 2. The fourth-order valence-electron chi connectivity index (χ4n) is 2.79. The van der Waals surface area contributed by atoms with Crippen LogP contribution in [0.15, 0.2) is 24.3 Å². The fraction of sp³-hybridized carbons (Fsp3) is 0.700. The molecule has 131 valence electrons. The molecular weight excluding hydrogens is 300 g/mol. The number of unbranched alkanes of at least 4 members (excludes halogenated alkanes) is 6. The van der Waals surface area contributed by atoms with Gasteiger partial charge in [-0.25, -0.2) is 0 Å². The molecule has 23 heavy (non-hydrogen) atoms. The van der Waals surface area contributed by atoms with Crippen LogP contribution >= 0.6 is 0 Å². The summed E-state index contributed by atoms with van der Waals surface area (Å²) in [6.07, 6.45) is 13.0. The third-order valence-corrected chi connectivity index (χ3v) is 6.07. The van der Waals surface area contributed by atoms with Crippen LogP contribution in [0.25, 0.3) is 0 Å². The first kappa shape index (κ1) is 20.2. The van der Waals surface area contributed by atoms with Crippen molar-refractivity contribution < 1.29 is 9.53 Å². The SMILES string of the molecule is CCCCCCCCCc1ccccc1O.C[Si]1CCCCO1. The van der Waals surface area contributed by atoms with E-state index in [1.54, 1.807) is 6.07 Å². The molecular formula is C20H35O2Si. The normalized spacial score (nSPS) is 15.0. The summed E-state index contributed by atoms with van der Waals surface area (Å²) in [5.74, 6) is 0.452. The number of hydrogen-bond donors (Lipinski definition) is 1. The van der Waals surface area contributed by atoms with Crippen LogP contribution in [-0.4, -0.2) is 20.8 Å². The van der Waals surface area contributed by atoms with Crippen molar-refractivity contribution in [1.29, 1.82) is 0 Å². The van der Waals surface area contributed by atoms with Gasteiger partial charge in [-0.3, -0.25) is 0 Å². The standard InChI is InChI=1S/C15H24O.C5H11OSi/c1-2-3-4-5-6-7-8-11-14-12-9-10-13-15(14)16;1-7-5-3-2-4-6-7/h9-10,12-13,16H,2-8,11H2,1H3;2-5H2,1H3. The zero-order valence-corrected chi connectivity index (χ0v) is 16.2. The van der Waals surface area contributed by atoms with E-state index in [1.807, 2.05) is 18.2 Å². The van der Waals surface area contributed by atoms with Crippen LogP contribution in [0.2, 0.25) is 12.6 Å². The minimum absolute atomic E-state index is 0.293. The van der Waals surface area contributed by atoms with Crippen LogP contribution < -0.4 is 0 Å². The Morgan fingerprint density at radius 2 is 1.70 bits per heavy atom. The van der Waals surface area contributed by atoms with Crippen molar-refractivity contribution in [3.63, 3.8) is 0 Å². The number of phenols is 1. The van der Waals surface area contributed by atoms with Crippen molar-refractivity contribution in [2.24, 2.45) is 0 Å². The Balaban J connectivity index is 0.000000313. The van der Waals surface area contributed by atoms with Gasteiger partial charge >= 0.3 is 0 Å². The summed E-state index contributed by atoms with van der Waals surface area (Å²) < 4.78 is 5.38. The smallest absolute Gasteiger partial charge is 0.208 e. The molecule has 1 heterocycles. The monoisotopic (exact) mass is 335 g/mol. The number of rotatable bonds is 8. The highest BCUT2D eigenvalue weighted by atomic mass is 28.3. The third kappa shape index (κ3) is 10.6. The lowest BCUT2D eigenvalue weighted by atomic mass is 10.0. The van der Waals surface area contributed by atoms with E-state index in [9.17, 15) is 5.11 Å². The molecule has 0 saturated carbocycles. The molecule has 2 rings (SSSR count). The van der Waals surface area contributed by atoms with Crippen LogP contribution in [0.5, 0.6) is 5.75 Å². The van der Waals surface area contributed by atoms with Crippen LogP contribution in [0.4, 0.5) is 0 Å². The quantitative estimate of drug-likeness (QED) is 0.459. The number of benzene rings is 1. The van der Waals surface area contributed by atoms with Crippen molar-refractivity contribution in [2.75, 3.05) is 6.61 Å². The van der Waals surface area contributed by atoms with Crippen LogP contribution in [-0.2, 0) is 10.8 Å². The summed E-state index contributed by atoms with van der Waals surface area (Å²) in [5, 5.41) is 9.58. The van der Waals surface area contributed by atoms with Gasteiger partial charge in [0.1, 0.15) is 5.75 Å². The van der Waals surface area contributed by atoms with Gasteiger partial charge in [-0.05, 0) is 43.5 Å². The van der Waals surface area contributed by atoms with E-state index < -0.39 is 0 Å². The molecule has 0 atom stereocenters. The van der Waals surface area contributed by atoms with Crippen molar-refractivity contribution >= 4 is 9.04 Å². The topological polar surface area (TPSA) is 29.5 Å². The van der Waals surface area contributed by atoms with Gasteiger partial charge < -0.3 is 9.53 Å². The van der Waals surface area contributed by atoms with Gasteiger partial charge in [0.2, 0.25) is 9.04 Å². The predicted molar refractivity (Wildman–Crippen MR) is 101 cm³/mol. The fourth-order valence-corrected chi connectivity index (χ4v) is 4.17. The zero-order valence-electron chi connectivity index (χ0n) is 15.2. The van der Waals surface area contributed by atoms with Crippen molar-refractivity contribution in [2.45, 2.75) is 83.7 Å². The molecule has 1 aromatic carbocycles. The maximum absolute atomic E-state index is 9.58. The molecule has 1 saturated heterocycles. The van der Waals surface area contributed by atoms with Crippen molar-refractivity contribution in [1.82, 2.24) is 0 Å². The minimum Gasteiger partial charge on any atom is -0.508 e. The molecule has 3 heteroatoms. The Labute approximate surface area is 145 Å². The largest absolute Gasteiger partial charge is 0.508 e. The van der Waals surface area contributed by atoms with E-state index >= 15 is 0 Å². The Bertz CT molecular complexity index is 389. The Morgan fingerprint density at radius 3 is 2.26 bits per heavy atom. The first-order chi connectivity index (χ1) is 11.2. The molecule has 1 aliphatic rings. The molecule has 0 bridgehead atoms. The summed E-state index contributed by atoms with van der Waals surface area (Å²) in [6.45, 7) is 5.52. The molecule has 0 aliphatic carbocycles. The maximum atomic E-state index is 9.58. The highest BCUT2D eigenvalue weighted by molar-refractivity contribution is 6.50. The lowest BCUT2D eigenvalue weighted by Crippen LogP contribution is -2.18. The van der Waals surface area contributed by atoms with Gasteiger partial charge in [0.05, 0.1) is 0 Å². The zero-order chi connectivity index (χ0) is 16.8. The van der Waals surface area contributed by atoms with Gasteiger partial charge in [-0.2, -0.15) is 0 Å². The minimum atomic E-state index is -0.293. The molecule has 0 unspecified atom stereocenters.